The van der Waals surface area contributed by atoms with Crippen molar-refractivity contribution in [3.8, 4) is 5.75 Å². The summed E-state index contributed by atoms with van der Waals surface area (Å²) in [5.41, 5.74) is 3.35. The Balaban J connectivity index is 2.52. The SMILES string of the molecule is COc1cccc(F)c1C(NN)c1cnccn1. The standard InChI is InChI=1S/C12H13FN4O/c1-18-10-4-2-3-8(13)11(10)12(17-14)9-7-15-5-6-16-9/h2-7,12,17H,14H2,1H3. The summed E-state index contributed by atoms with van der Waals surface area (Å²) in [6.45, 7) is 0. The van der Waals surface area contributed by atoms with Gasteiger partial charge in [0, 0.05) is 12.4 Å². The third-order valence-corrected chi connectivity index (χ3v) is 2.57. The third kappa shape index (κ3) is 2.29. The molecule has 5 nitrogen and oxygen atoms in total. The van der Waals surface area contributed by atoms with Gasteiger partial charge in [0.1, 0.15) is 11.6 Å². The highest BCUT2D eigenvalue weighted by Crippen LogP contribution is 2.30. The molecule has 0 spiro atoms. The van der Waals surface area contributed by atoms with Crippen LogP contribution in [0.15, 0.2) is 36.8 Å². The van der Waals surface area contributed by atoms with Crippen molar-refractivity contribution in [1.82, 2.24) is 15.4 Å². The summed E-state index contributed by atoms with van der Waals surface area (Å²) in [5, 5.41) is 0. The number of hydrazine groups is 1. The van der Waals surface area contributed by atoms with Crippen LogP contribution < -0.4 is 16.0 Å². The number of rotatable bonds is 4. The van der Waals surface area contributed by atoms with Crippen LogP contribution in [0.2, 0.25) is 0 Å². The Morgan fingerprint density at radius 3 is 2.83 bits per heavy atom. The number of nitrogens with one attached hydrogen (secondary N) is 1. The second-order valence-electron chi connectivity index (χ2n) is 3.59. The summed E-state index contributed by atoms with van der Waals surface area (Å²) in [6, 6.07) is 3.97. The van der Waals surface area contributed by atoms with Crippen molar-refractivity contribution >= 4 is 0 Å². The van der Waals surface area contributed by atoms with E-state index in [0.29, 0.717) is 17.0 Å². The molecule has 1 aromatic heterocycles. The van der Waals surface area contributed by atoms with Gasteiger partial charge in [0.2, 0.25) is 0 Å². The zero-order valence-electron chi connectivity index (χ0n) is 9.80. The van der Waals surface area contributed by atoms with Gasteiger partial charge in [0.25, 0.3) is 0 Å². The number of methoxy groups -OCH3 is 1. The molecular formula is C12H13FN4O. The maximum atomic E-state index is 13.9. The molecule has 0 fully saturated rings. The zero-order chi connectivity index (χ0) is 13.0. The first-order chi connectivity index (χ1) is 8.77. The minimum absolute atomic E-state index is 0.308. The fourth-order valence-electron chi connectivity index (χ4n) is 1.75. The van der Waals surface area contributed by atoms with E-state index in [9.17, 15) is 4.39 Å². The van der Waals surface area contributed by atoms with Crippen LogP contribution in [0.3, 0.4) is 0 Å². The van der Waals surface area contributed by atoms with E-state index in [1.165, 1.54) is 31.8 Å². The lowest BCUT2D eigenvalue weighted by Crippen LogP contribution is -2.30. The summed E-state index contributed by atoms with van der Waals surface area (Å²) in [5.74, 6) is 5.48. The van der Waals surface area contributed by atoms with Crippen LogP contribution in [-0.2, 0) is 0 Å². The molecule has 0 bridgehead atoms. The molecule has 0 aliphatic carbocycles. The van der Waals surface area contributed by atoms with Crippen molar-refractivity contribution in [2.45, 2.75) is 6.04 Å². The van der Waals surface area contributed by atoms with Crippen LogP contribution in [0.5, 0.6) is 5.75 Å². The lowest BCUT2D eigenvalue weighted by atomic mass is 10.0. The second-order valence-corrected chi connectivity index (χ2v) is 3.59. The summed E-state index contributed by atoms with van der Waals surface area (Å²) in [6.07, 6.45) is 4.58. The molecule has 0 saturated heterocycles. The predicted octanol–water partition coefficient (Wildman–Crippen LogP) is 1.18. The Hall–Kier alpha value is -2.05. The van der Waals surface area contributed by atoms with Gasteiger partial charge in [-0.15, -0.1) is 0 Å². The van der Waals surface area contributed by atoms with Gasteiger partial charge < -0.3 is 4.74 Å². The molecule has 18 heavy (non-hydrogen) atoms. The Labute approximate surface area is 104 Å². The lowest BCUT2D eigenvalue weighted by Gasteiger charge is -2.18. The normalized spacial score (nSPS) is 12.2. The second kappa shape index (κ2) is 5.52. The smallest absolute Gasteiger partial charge is 0.132 e. The Bertz CT molecular complexity index is 521. The van der Waals surface area contributed by atoms with Crippen LogP contribution >= 0.6 is 0 Å². The van der Waals surface area contributed by atoms with Gasteiger partial charge >= 0.3 is 0 Å². The molecule has 2 aromatic rings. The van der Waals surface area contributed by atoms with E-state index in [1.54, 1.807) is 12.1 Å². The quantitative estimate of drug-likeness (QED) is 0.628. The van der Waals surface area contributed by atoms with Gasteiger partial charge in [-0.2, -0.15) is 0 Å². The first-order valence-corrected chi connectivity index (χ1v) is 5.32. The van der Waals surface area contributed by atoms with Crippen molar-refractivity contribution in [3.63, 3.8) is 0 Å². The van der Waals surface area contributed by atoms with Crippen LogP contribution in [0.4, 0.5) is 4.39 Å². The number of nitrogens with two attached hydrogens (primary N) is 1. The molecule has 0 aliphatic heterocycles. The Morgan fingerprint density at radius 2 is 2.22 bits per heavy atom. The molecule has 0 aliphatic rings. The third-order valence-electron chi connectivity index (χ3n) is 2.57. The summed E-state index contributed by atoms with van der Waals surface area (Å²) >= 11 is 0. The van der Waals surface area contributed by atoms with Crippen LogP contribution in [0.1, 0.15) is 17.3 Å². The van der Waals surface area contributed by atoms with E-state index in [2.05, 4.69) is 15.4 Å². The first-order valence-electron chi connectivity index (χ1n) is 5.32. The van der Waals surface area contributed by atoms with Gasteiger partial charge in [-0.05, 0) is 12.1 Å². The van der Waals surface area contributed by atoms with Crippen molar-refractivity contribution in [2.75, 3.05) is 7.11 Å². The van der Waals surface area contributed by atoms with E-state index in [4.69, 9.17) is 10.6 Å². The zero-order valence-corrected chi connectivity index (χ0v) is 9.80. The summed E-state index contributed by atoms with van der Waals surface area (Å²) < 4.78 is 19.1. The highest BCUT2D eigenvalue weighted by atomic mass is 19.1. The molecule has 1 aromatic carbocycles. The average molecular weight is 248 g/mol. The molecule has 0 saturated carbocycles. The number of hydrogen-bond donors (Lipinski definition) is 2. The minimum atomic E-state index is -0.616. The molecule has 6 heteroatoms. The summed E-state index contributed by atoms with van der Waals surface area (Å²) in [7, 11) is 1.47. The van der Waals surface area contributed by atoms with Crippen LogP contribution in [0.25, 0.3) is 0 Å². The van der Waals surface area contributed by atoms with Gasteiger partial charge in [-0.25, -0.2) is 9.82 Å². The number of hydrogen-bond acceptors (Lipinski definition) is 5. The fourth-order valence-corrected chi connectivity index (χ4v) is 1.75. The molecule has 2 rings (SSSR count). The molecule has 1 heterocycles. The highest BCUT2D eigenvalue weighted by Gasteiger charge is 2.22. The molecule has 0 amide bonds. The maximum Gasteiger partial charge on any atom is 0.132 e. The van der Waals surface area contributed by atoms with Crippen molar-refractivity contribution < 1.29 is 9.13 Å². The Kier molecular flexibility index (Phi) is 3.81. The van der Waals surface area contributed by atoms with E-state index in [-0.39, 0.29) is 0 Å². The van der Waals surface area contributed by atoms with Gasteiger partial charge in [-0.1, -0.05) is 6.07 Å². The first kappa shape index (κ1) is 12.4. The molecule has 0 radical (unpaired) electrons. The van der Waals surface area contributed by atoms with E-state index < -0.39 is 11.9 Å². The van der Waals surface area contributed by atoms with E-state index >= 15 is 0 Å². The van der Waals surface area contributed by atoms with Gasteiger partial charge in [-0.3, -0.25) is 15.8 Å². The van der Waals surface area contributed by atoms with Crippen molar-refractivity contribution in [2.24, 2.45) is 5.84 Å². The topological polar surface area (TPSA) is 73.1 Å². The largest absolute Gasteiger partial charge is 0.496 e. The van der Waals surface area contributed by atoms with Crippen LogP contribution in [-0.4, -0.2) is 17.1 Å². The Morgan fingerprint density at radius 1 is 1.39 bits per heavy atom. The molecule has 94 valence electrons. The fraction of sp³-hybridized carbons (Fsp3) is 0.167. The predicted molar refractivity (Wildman–Crippen MR) is 64.2 cm³/mol. The number of aromatic nitrogens is 2. The highest BCUT2D eigenvalue weighted by molar-refractivity contribution is 5.40. The molecule has 1 atom stereocenters. The monoisotopic (exact) mass is 248 g/mol. The molecular weight excluding hydrogens is 235 g/mol. The minimum Gasteiger partial charge on any atom is -0.496 e. The van der Waals surface area contributed by atoms with Gasteiger partial charge in [0.05, 0.1) is 30.6 Å². The van der Waals surface area contributed by atoms with E-state index in [1.807, 2.05) is 0 Å². The number of nitrogens with zero attached hydrogens (tertiary/aromatic N) is 2. The van der Waals surface area contributed by atoms with Crippen LogP contribution in [0, 0.1) is 5.82 Å². The maximum absolute atomic E-state index is 13.9. The van der Waals surface area contributed by atoms with E-state index in [0.717, 1.165) is 0 Å². The van der Waals surface area contributed by atoms with Crippen molar-refractivity contribution in [3.05, 3.63) is 53.9 Å². The summed E-state index contributed by atoms with van der Waals surface area (Å²) in [4.78, 5) is 8.06. The molecule has 3 N–H and O–H groups in total. The number of ether oxygens (including phenoxy) is 1. The average Bonchev–Trinajstić information content (AvgIpc) is 2.42. The number of halogens is 1. The van der Waals surface area contributed by atoms with Gasteiger partial charge in [0.15, 0.2) is 0 Å². The lowest BCUT2D eigenvalue weighted by molar-refractivity contribution is 0.396. The number of benzene rings is 1. The molecule has 1 unspecified atom stereocenters. The van der Waals surface area contributed by atoms with Crippen molar-refractivity contribution in [1.29, 1.82) is 0 Å².